The number of nitrogens with zero attached hydrogens (tertiary/aromatic N) is 1. The number of fused-ring (bicyclic) bond motifs is 1. The van der Waals surface area contributed by atoms with Gasteiger partial charge in [0.1, 0.15) is 5.75 Å². The molecule has 3 aromatic carbocycles. The van der Waals surface area contributed by atoms with Gasteiger partial charge in [0.25, 0.3) is 0 Å². The van der Waals surface area contributed by atoms with Crippen molar-refractivity contribution in [3.05, 3.63) is 112 Å². The first kappa shape index (κ1) is 25.7. The van der Waals surface area contributed by atoms with Gasteiger partial charge in [0, 0.05) is 23.3 Å². The Morgan fingerprint density at radius 2 is 1.82 bits per heavy atom. The molecule has 1 aromatic heterocycles. The maximum atomic E-state index is 13.9. The molecule has 5 rings (SSSR count). The van der Waals surface area contributed by atoms with E-state index in [4.69, 9.17) is 10.5 Å². The van der Waals surface area contributed by atoms with Crippen molar-refractivity contribution >= 4 is 28.3 Å². The summed E-state index contributed by atoms with van der Waals surface area (Å²) >= 11 is 1.42. The highest BCUT2D eigenvalue weighted by Crippen LogP contribution is 2.53. The Kier molecular flexibility index (Phi) is 7.04. The van der Waals surface area contributed by atoms with Gasteiger partial charge in [-0.15, -0.1) is 11.3 Å². The van der Waals surface area contributed by atoms with E-state index in [9.17, 15) is 9.59 Å². The molecule has 1 aliphatic rings. The Bertz CT molecular complexity index is 1470. The van der Waals surface area contributed by atoms with Gasteiger partial charge in [-0.25, -0.2) is 4.98 Å². The van der Waals surface area contributed by atoms with Crippen LogP contribution in [0.2, 0.25) is 0 Å². The highest BCUT2D eigenvalue weighted by atomic mass is 32.1. The fourth-order valence-electron chi connectivity index (χ4n) is 5.52. The molecule has 7 heteroatoms. The van der Waals surface area contributed by atoms with Gasteiger partial charge in [-0.05, 0) is 52.8 Å². The number of hydrogen-bond donors (Lipinski definition) is 2. The number of primary amides is 1. The minimum Gasteiger partial charge on any atom is -0.497 e. The summed E-state index contributed by atoms with van der Waals surface area (Å²) in [4.78, 5) is 31.0. The third kappa shape index (κ3) is 4.82. The molecule has 1 heterocycles. The molecule has 3 atom stereocenters. The fourth-order valence-corrected chi connectivity index (χ4v) is 6.23. The number of thiazole rings is 1. The Morgan fingerprint density at radius 3 is 2.50 bits per heavy atom. The van der Waals surface area contributed by atoms with Crippen molar-refractivity contribution in [3.8, 4) is 5.75 Å². The smallest absolute Gasteiger partial charge is 0.248 e. The molecule has 4 aromatic rings. The van der Waals surface area contributed by atoms with Crippen molar-refractivity contribution in [3.63, 3.8) is 0 Å². The molecule has 0 saturated carbocycles. The summed E-state index contributed by atoms with van der Waals surface area (Å²) in [5.74, 6) is -0.0431. The second-order valence-electron chi connectivity index (χ2n) is 10.1. The molecule has 0 aliphatic heterocycles. The SMILES string of the molecule is COc1ccc(Cc2csc(NC(=O)C3(C)CC(c4ccccc4)c4cccc(C(N)=O)c4C3C)n2)cc1. The molecule has 194 valence electrons. The van der Waals surface area contributed by atoms with Gasteiger partial charge < -0.3 is 15.8 Å². The van der Waals surface area contributed by atoms with Gasteiger partial charge in [0.05, 0.1) is 18.2 Å². The van der Waals surface area contributed by atoms with Crippen molar-refractivity contribution < 1.29 is 14.3 Å². The average Bonchev–Trinajstić information content (AvgIpc) is 3.37. The van der Waals surface area contributed by atoms with Crippen LogP contribution in [-0.4, -0.2) is 23.9 Å². The van der Waals surface area contributed by atoms with Crippen LogP contribution in [0.1, 0.15) is 70.4 Å². The number of methoxy groups -OCH3 is 1. The van der Waals surface area contributed by atoms with E-state index in [0.717, 1.165) is 33.7 Å². The van der Waals surface area contributed by atoms with Gasteiger partial charge in [-0.2, -0.15) is 0 Å². The zero-order chi connectivity index (χ0) is 26.9. The first-order valence-electron chi connectivity index (χ1n) is 12.7. The van der Waals surface area contributed by atoms with E-state index in [1.807, 2.05) is 67.8 Å². The number of benzene rings is 3. The number of nitrogens with two attached hydrogens (primary N) is 1. The van der Waals surface area contributed by atoms with Crippen LogP contribution in [0.25, 0.3) is 0 Å². The molecule has 3 N–H and O–H groups in total. The summed E-state index contributed by atoms with van der Waals surface area (Å²) in [7, 11) is 1.65. The Labute approximate surface area is 226 Å². The molecule has 0 spiro atoms. The molecule has 0 saturated heterocycles. The Hall–Kier alpha value is -3.97. The molecule has 0 radical (unpaired) electrons. The highest BCUT2D eigenvalue weighted by Gasteiger charge is 2.48. The molecule has 3 unspecified atom stereocenters. The van der Waals surface area contributed by atoms with Crippen LogP contribution < -0.4 is 15.8 Å². The summed E-state index contributed by atoms with van der Waals surface area (Å²) in [5, 5.41) is 5.63. The fraction of sp³-hybridized carbons (Fsp3) is 0.258. The first-order valence-corrected chi connectivity index (χ1v) is 13.5. The van der Waals surface area contributed by atoms with E-state index in [1.165, 1.54) is 11.3 Å². The zero-order valence-corrected chi connectivity index (χ0v) is 22.5. The lowest BCUT2D eigenvalue weighted by Gasteiger charge is -2.44. The van der Waals surface area contributed by atoms with Crippen LogP contribution in [0, 0.1) is 5.41 Å². The van der Waals surface area contributed by atoms with E-state index in [2.05, 4.69) is 28.5 Å². The number of rotatable bonds is 7. The minimum absolute atomic E-state index is 0.0422. The molecular formula is C31H31N3O3S. The number of carbonyl (C=O) groups is 2. The number of amides is 2. The number of hydrogen-bond acceptors (Lipinski definition) is 5. The van der Waals surface area contributed by atoms with Crippen molar-refractivity contribution in [2.24, 2.45) is 11.1 Å². The molecule has 1 aliphatic carbocycles. The Balaban J connectivity index is 1.43. The van der Waals surface area contributed by atoms with Gasteiger partial charge >= 0.3 is 0 Å². The maximum Gasteiger partial charge on any atom is 0.248 e. The lowest BCUT2D eigenvalue weighted by Crippen LogP contribution is -2.43. The monoisotopic (exact) mass is 525 g/mol. The lowest BCUT2D eigenvalue weighted by molar-refractivity contribution is -0.126. The highest BCUT2D eigenvalue weighted by molar-refractivity contribution is 7.13. The van der Waals surface area contributed by atoms with Crippen LogP contribution in [-0.2, 0) is 11.2 Å². The summed E-state index contributed by atoms with van der Waals surface area (Å²) < 4.78 is 5.23. The van der Waals surface area contributed by atoms with E-state index in [1.54, 1.807) is 13.2 Å². The normalized spacial score (nSPS) is 20.4. The van der Waals surface area contributed by atoms with Crippen molar-refractivity contribution in [1.29, 1.82) is 0 Å². The summed E-state index contributed by atoms with van der Waals surface area (Å²) in [6.45, 7) is 4.00. The molecule has 6 nitrogen and oxygen atoms in total. The van der Waals surface area contributed by atoms with E-state index in [0.29, 0.717) is 23.5 Å². The van der Waals surface area contributed by atoms with Crippen LogP contribution >= 0.6 is 11.3 Å². The predicted octanol–water partition coefficient (Wildman–Crippen LogP) is 6.13. The number of ether oxygens (including phenoxy) is 1. The molecular weight excluding hydrogens is 494 g/mol. The third-order valence-electron chi connectivity index (χ3n) is 7.83. The molecule has 38 heavy (non-hydrogen) atoms. The molecule has 0 fully saturated rings. The standard InChI is InChI=1S/C31H31N3O3S/c1-19-27-24(10-7-11-25(27)28(32)35)26(21-8-5-4-6-9-21)17-31(19,2)29(36)34-30-33-22(18-38-30)16-20-12-14-23(37-3)15-13-20/h4-15,18-19,26H,16-17H2,1-3H3,(H2,32,35)(H,33,34,36). The quantitative estimate of drug-likeness (QED) is 0.304. The topological polar surface area (TPSA) is 94.3 Å². The third-order valence-corrected chi connectivity index (χ3v) is 8.64. The van der Waals surface area contributed by atoms with Crippen LogP contribution in [0.3, 0.4) is 0 Å². The van der Waals surface area contributed by atoms with Crippen molar-refractivity contribution in [2.75, 3.05) is 12.4 Å². The van der Waals surface area contributed by atoms with Crippen molar-refractivity contribution in [1.82, 2.24) is 4.98 Å². The summed E-state index contributed by atoms with van der Waals surface area (Å²) in [5.41, 5.74) is 10.5. The van der Waals surface area contributed by atoms with Gasteiger partial charge in [0.15, 0.2) is 5.13 Å². The first-order chi connectivity index (χ1) is 18.3. The largest absolute Gasteiger partial charge is 0.497 e. The zero-order valence-electron chi connectivity index (χ0n) is 21.7. The van der Waals surface area contributed by atoms with Gasteiger partial charge in [-0.1, -0.05) is 68.4 Å². The van der Waals surface area contributed by atoms with E-state index in [-0.39, 0.29) is 17.7 Å². The van der Waals surface area contributed by atoms with E-state index >= 15 is 0 Å². The second kappa shape index (κ2) is 10.4. The van der Waals surface area contributed by atoms with Crippen LogP contribution in [0.5, 0.6) is 5.75 Å². The maximum absolute atomic E-state index is 13.9. The second-order valence-corrected chi connectivity index (χ2v) is 11.0. The number of nitrogens with one attached hydrogen (secondary N) is 1. The number of anilines is 1. The predicted molar refractivity (Wildman–Crippen MR) is 151 cm³/mol. The average molecular weight is 526 g/mol. The molecule has 0 bridgehead atoms. The lowest BCUT2D eigenvalue weighted by atomic mass is 9.59. The van der Waals surface area contributed by atoms with Crippen molar-refractivity contribution in [2.45, 2.75) is 38.5 Å². The van der Waals surface area contributed by atoms with Crippen LogP contribution in [0.15, 0.2) is 78.2 Å². The summed E-state index contributed by atoms with van der Waals surface area (Å²) in [6.07, 6.45) is 1.26. The number of carbonyl (C=O) groups excluding carboxylic acids is 2. The Morgan fingerprint density at radius 1 is 1.08 bits per heavy atom. The van der Waals surface area contributed by atoms with Crippen LogP contribution in [0.4, 0.5) is 5.13 Å². The molecule has 2 amide bonds. The number of aromatic nitrogens is 1. The minimum atomic E-state index is -0.791. The summed E-state index contributed by atoms with van der Waals surface area (Å²) in [6, 6.07) is 23.7. The van der Waals surface area contributed by atoms with Gasteiger partial charge in [0.2, 0.25) is 11.8 Å². The van der Waals surface area contributed by atoms with E-state index < -0.39 is 11.3 Å². The van der Waals surface area contributed by atoms with Gasteiger partial charge in [-0.3, -0.25) is 9.59 Å².